The number of unbranched alkanes of at least 4 members (excludes halogenated alkanes) is 10. The molecule has 40 heavy (non-hydrogen) atoms. The van der Waals surface area contributed by atoms with Crippen LogP contribution in [0.3, 0.4) is 0 Å². The first-order valence-corrected chi connectivity index (χ1v) is 14.3. The highest BCUT2D eigenvalue weighted by molar-refractivity contribution is 5.96. The van der Waals surface area contributed by atoms with Gasteiger partial charge in [-0.2, -0.15) is 0 Å². The van der Waals surface area contributed by atoms with Gasteiger partial charge >= 0.3 is 23.9 Å². The van der Waals surface area contributed by atoms with Gasteiger partial charge in [0.1, 0.15) is 0 Å². The molecule has 2 rings (SSSR count). The Kier molecular flexibility index (Phi) is 16.6. The normalized spacial score (nSPS) is 10.4. The Morgan fingerprint density at radius 2 is 0.875 bits per heavy atom. The predicted molar refractivity (Wildman–Crippen MR) is 155 cm³/mol. The molecule has 4 N–H and O–H groups in total. The van der Waals surface area contributed by atoms with Gasteiger partial charge in [0.2, 0.25) is 0 Å². The average molecular weight is 557 g/mol. The van der Waals surface area contributed by atoms with Gasteiger partial charge in [0.15, 0.2) is 0 Å². The minimum absolute atomic E-state index is 0.0186. The third-order valence-corrected chi connectivity index (χ3v) is 6.75. The Hall–Kier alpha value is -3.68. The van der Waals surface area contributed by atoms with Crippen molar-refractivity contribution in [2.24, 2.45) is 0 Å². The summed E-state index contributed by atoms with van der Waals surface area (Å²) in [6.07, 6.45) is 15.2. The molecule has 0 aliphatic carbocycles. The highest BCUT2D eigenvalue weighted by atomic mass is 16.4. The molecule has 0 spiro atoms. The van der Waals surface area contributed by atoms with Crippen LogP contribution in [0.4, 0.5) is 0 Å². The van der Waals surface area contributed by atoms with Crippen molar-refractivity contribution in [1.82, 2.24) is 0 Å². The van der Waals surface area contributed by atoms with Gasteiger partial charge < -0.3 is 20.4 Å². The molecule has 0 fully saturated rings. The van der Waals surface area contributed by atoms with Gasteiger partial charge in [-0.15, -0.1) is 0 Å². The molecular formula is C32H44O8. The van der Waals surface area contributed by atoms with Crippen molar-refractivity contribution < 1.29 is 39.6 Å². The molecule has 0 heterocycles. The number of carboxylic acids is 4. The zero-order valence-electron chi connectivity index (χ0n) is 23.8. The molecule has 220 valence electrons. The van der Waals surface area contributed by atoms with Gasteiger partial charge in [-0.1, -0.05) is 90.2 Å². The average Bonchev–Trinajstić information content (AvgIpc) is 2.92. The van der Waals surface area contributed by atoms with Crippen molar-refractivity contribution in [3.05, 3.63) is 69.8 Å². The lowest BCUT2D eigenvalue weighted by atomic mass is 9.92. The fraction of sp³-hybridized carbons (Fsp3) is 0.500. The van der Waals surface area contributed by atoms with Crippen molar-refractivity contribution in [1.29, 1.82) is 0 Å². The molecule has 0 saturated carbocycles. The van der Waals surface area contributed by atoms with Crippen LogP contribution in [0, 0.1) is 0 Å². The van der Waals surface area contributed by atoms with Crippen molar-refractivity contribution in [3.8, 4) is 0 Å². The molecule has 2 aromatic rings. The molecule has 0 radical (unpaired) electrons. The quantitative estimate of drug-likeness (QED) is 0.135. The van der Waals surface area contributed by atoms with Crippen LogP contribution in [-0.2, 0) is 12.8 Å². The molecule has 0 aromatic heterocycles. The minimum Gasteiger partial charge on any atom is -0.478 e. The molecule has 0 saturated heterocycles. The number of aromatic carboxylic acids is 4. The molecule has 0 atom stereocenters. The molecule has 0 aliphatic rings. The summed E-state index contributed by atoms with van der Waals surface area (Å²) in [6.45, 7) is 4.38. The summed E-state index contributed by atoms with van der Waals surface area (Å²) in [5.74, 6) is -4.32. The standard InChI is InChI=1S/C24H38O4.C8H6O4/c1-3-5-7-9-11-13-15-19-17-20(16-14-12-10-8-6-4-2)22(24(27)28)18-21(19)23(25)26;9-7(10)5-2-1-3-6(4-5)8(11)12/h17-18H,3-16H2,1-2H3,(H,25,26)(H,27,28);1-4H,(H,9,10)(H,11,12). The van der Waals surface area contributed by atoms with Gasteiger partial charge in [0, 0.05) is 0 Å². The van der Waals surface area contributed by atoms with Crippen LogP contribution in [0.25, 0.3) is 0 Å². The highest BCUT2D eigenvalue weighted by Gasteiger charge is 2.18. The molecule has 2 aromatic carbocycles. The van der Waals surface area contributed by atoms with E-state index in [1.165, 1.54) is 75.6 Å². The van der Waals surface area contributed by atoms with E-state index in [4.69, 9.17) is 10.2 Å². The van der Waals surface area contributed by atoms with Crippen molar-refractivity contribution in [3.63, 3.8) is 0 Å². The summed E-state index contributed by atoms with van der Waals surface area (Å²) in [5.41, 5.74) is 1.84. The van der Waals surface area contributed by atoms with Gasteiger partial charge in [-0.05, 0) is 61.1 Å². The number of benzene rings is 2. The van der Waals surface area contributed by atoms with Crippen LogP contribution in [0.15, 0.2) is 36.4 Å². The van der Waals surface area contributed by atoms with Gasteiger partial charge in [-0.25, -0.2) is 19.2 Å². The van der Waals surface area contributed by atoms with Crippen LogP contribution in [0.2, 0.25) is 0 Å². The molecule has 0 bridgehead atoms. The summed E-state index contributed by atoms with van der Waals surface area (Å²) >= 11 is 0. The fourth-order valence-electron chi connectivity index (χ4n) is 4.48. The van der Waals surface area contributed by atoms with E-state index < -0.39 is 23.9 Å². The first kappa shape index (κ1) is 34.3. The van der Waals surface area contributed by atoms with E-state index >= 15 is 0 Å². The van der Waals surface area contributed by atoms with Crippen molar-refractivity contribution >= 4 is 23.9 Å². The monoisotopic (exact) mass is 556 g/mol. The van der Waals surface area contributed by atoms with Crippen molar-refractivity contribution in [2.45, 2.75) is 104 Å². The number of aryl methyl sites for hydroxylation is 2. The Morgan fingerprint density at radius 3 is 1.23 bits per heavy atom. The zero-order valence-corrected chi connectivity index (χ0v) is 23.8. The first-order valence-electron chi connectivity index (χ1n) is 14.3. The number of hydrogen-bond donors (Lipinski definition) is 4. The maximum atomic E-state index is 11.6. The summed E-state index contributed by atoms with van der Waals surface area (Å²) in [4.78, 5) is 44.1. The second-order valence-corrected chi connectivity index (χ2v) is 10.0. The second-order valence-electron chi connectivity index (χ2n) is 10.0. The lowest BCUT2D eigenvalue weighted by Crippen LogP contribution is -2.10. The SMILES string of the molecule is CCCCCCCCc1cc(CCCCCCCC)c(C(=O)O)cc1C(=O)O.O=C(O)c1cccc(C(=O)O)c1. The van der Waals surface area contributed by atoms with Crippen LogP contribution in [0.5, 0.6) is 0 Å². The van der Waals surface area contributed by atoms with E-state index in [1.54, 1.807) is 0 Å². The Morgan fingerprint density at radius 1 is 0.500 bits per heavy atom. The third kappa shape index (κ3) is 12.9. The topological polar surface area (TPSA) is 149 Å². The van der Waals surface area contributed by atoms with E-state index in [2.05, 4.69) is 13.8 Å². The summed E-state index contributed by atoms with van der Waals surface area (Å²) < 4.78 is 0. The zero-order chi connectivity index (χ0) is 29.9. The van der Waals surface area contributed by atoms with Gasteiger partial charge in [-0.3, -0.25) is 0 Å². The van der Waals surface area contributed by atoms with E-state index in [9.17, 15) is 29.4 Å². The Balaban J connectivity index is 0.000000552. The number of carbonyl (C=O) groups is 4. The van der Waals surface area contributed by atoms with Crippen LogP contribution in [0.1, 0.15) is 143 Å². The van der Waals surface area contributed by atoms with Gasteiger partial charge in [0.25, 0.3) is 0 Å². The van der Waals surface area contributed by atoms with E-state index in [0.29, 0.717) is 12.8 Å². The third-order valence-electron chi connectivity index (χ3n) is 6.75. The van der Waals surface area contributed by atoms with E-state index in [1.807, 2.05) is 6.07 Å². The Bertz CT molecular complexity index is 1030. The molecule has 0 amide bonds. The molecule has 8 nitrogen and oxygen atoms in total. The van der Waals surface area contributed by atoms with Crippen LogP contribution >= 0.6 is 0 Å². The van der Waals surface area contributed by atoms with Crippen molar-refractivity contribution in [2.75, 3.05) is 0 Å². The van der Waals surface area contributed by atoms with Crippen LogP contribution in [-0.4, -0.2) is 44.3 Å². The van der Waals surface area contributed by atoms with E-state index in [0.717, 1.165) is 42.9 Å². The Labute approximate surface area is 237 Å². The fourth-order valence-corrected chi connectivity index (χ4v) is 4.48. The highest BCUT2D eigenvalue weighted by Crippen LogP contribution is 2.23. The molecule has 0 unspecified atom stereocenters. The first-order chi connectivity index (χ1) is 19.1. The predicted octanol–water partition coefficient (Wildman–Crippen LogP) is 7.97. The van der Waals surface area contributed by atoms with Crippen LogP contribution < -0.4 is 0 Å². The van der Waals surface area contributed by atoms with E-state index in [-0.39, 0.29) is 22.3 Å². The second kappa shape index (κ2) is 19.4. The number of carboxylic acid groups (broad SMARTS) is 4. The summed E-state index contributed by atoms with van der Waals surface area (Å²) in [5, 5.41) is 36.1. The number of hydrogen-bond acceptors (Lipinski definition) is 4. The largest absolute Gasteiger partial charge is 0.478 e. The molecule has 0 aliphatic heterocycles. The summed E-state index contributed by atoms with van der Waals surface area (Å²) in [6, 6.07) is 8.43. The lowest BCUT2D eigenvalue weighted by Gasteiger charge is -2.13. The lowest BCUT2D eigenvalue weighted by molar-refractivity contribution is 0.0675. The molecular weight excluding hydrogens is 512 g/mol. The molecule has 8 heteroatoms. The minimum atomic E-state index is -1.13. The number of rotatable bonds is 18. The maximum Gasteiger partial charge on any atom is 0.335 e. The summed E-state index contributed by atoms with van der Waals surface area (Å²) in [7, 11) is 0. The maximum absolute atomic E-state index is 11.6. The van der Waals surface area contributed by atoms with Gasteiger partial charge in [0.05, 0.1) is 22.3 Å². The smallest absolute Gasteiger partial charge is 0.335 e.